The Morgan fingerprint density at radius 2 is 1.78 bits per heavy atom. The summed E-state index contributed by atoms with van der Waals surface area (Å²) in [6.45, 7) is 8.88. The second kappa shape index (κ2) is 7.49. The summed E-state index contributed by atoms with van der Waals surface area (Å²) < 4.78 is 21.5. The van der Waals surface area contributed by atoms with Crippen molar-refractivity contribution in [2.75, 3.05) is 26.4 Å². The van der Waals surface area contributed by atoms with Gasteiger partial charge in [-0.3, -0.25) is 0 Å². The van der Waals surface area contributed by atoms with E-state index in [9.17, 15) is 0 Å². The van der Waals surface area contributed by atoms with Crippen LogP contribution in [0.3, 0.4) is 0 Å². The van der Waals surface area contributed by atoms with Crippen LogP contribution in [0.4, 0.5) is 0 Å². The van der Waals surface area contributed by atoms with Gasteiger partial charge in [-0.15, -0.1) is 0 Å². The monoisotopic (exact) mass is 314 g/mol. The lowest BCUT2D eigenvalue weighted by Crippen LogP contribution is -2.03. The Bertz CT molecular complexity index is 592. The van der Waals surface area contributed by atoms with Crippen LogP contribution in [0.2, 0.25) is 0 Å². The maximum atomic E-state index is 5.66. The molecule has 2 saturated heterocycles. The highest BCUT2D eigenvalue weighted by atomic mass is 16.6. The van der Waals surface area contributed by atoms with Crippen molar-refractivity contribution in [3.63, 3.8) is 0 Å². The first-order chi connectivity index (χ1) is 11.2. The van der Waals surface area contributed by atoms with Crippen molar-refractivity contribution in [3.05, 3.63) is 60.4 Å². The molecule has 0 amide bonds. The Hall–Kier alpha value is -2.04. The molecule has 1 aromatic rings. The van der Waals surface area contributed by atoms with Crippen LogP contribution in [0.5, 0.6) is 5.75 Å². The third kappa shape index (κ3) is 5.27. The van der Waals surface area contributed by atoms with Crippen molar-refractivity contribution in [1.82, 2.24) is 0 Å². The highest BCUT2D eigenvalue weighted by Gasteiger charge is 2.23. The molecule has 2 unspecified atom stereocenters. The molecule has 0 saturated carbocycles. The van der Waals surface area contributed by atoms with E-state index in [1.807, 2.05) is 49.4 Å². The maximum absolute atomic E-state index is 5.66. The van der Waals surface area contributed by atoms with Gasteiger partial charge in [0, 0.05) is 0 Å². The number of allylic oxidation sites excluding steroid dienone is 4. The minimum absolute atomic E-state index is 0.259. The van der Waals surface area contributed by atoms with Gasteiger partial charge in [0.15, 0.2) is 0 Å². The number of epoxide rings is 2. The molecule has 2 aliphatic rings. The Morgan fingerprint density at radius 1 is 1.13 bits per heavy atom. The lowest BCUT2D eigenvalue weighted by Gasteiger charge is -2.07. The number of rotatable bonds is 9. The second-order valence-corrected chi connectivity index (χ2v) is 5.61. The molecule has 23 heavy (non-hydrogen) atoms. The Labute approximate surface area is 137 Å². The number of ether oxygens (including phenoxy) is 4. The highest BCUT2D eigenvalue weighted by molar-refractivity contribution is 5.72. The molecular formula is C19H22O4. The number of benzene rings is 1. The topological polar surface area (TPSA) is 43.5 Å². The Balaban J connectivity index is 1.50. The first kappa shape index (κ1) is 15.8. The van der Waals surface area contributed by atoms with Crippen LogP contribution in [-0.4, -0.2) is 38.6 Å². The summed E-state index contributed by atoms with van der Waals surface area (Å²) in [7, 11) is 0. The molecule has 1 aromatic carbocycles. The van der Waals surface area contributed by atoms with Gasteiger partial charge in [-0.25, -0.2) is 0 Å². The first-order valence-electron chi connectivity index (χ1n) is 7.87. The molecule has 0 N–H and O–H groups in total. The molecule has 0 radical (unpaired) electrons. The third-order valence-electron chi connectivity index (χ3n) is 3.63. The fourth-order valence-electron chi connectivity index (χ4n) is 1.98. The van der Waals surface area contributed by atoms with E-state index >= 15 is 0 Å². The predicted octanol–water partition coefficient (Wildman–Crippen LogP) is 3.35. The van der Waals surface area contributed by atoms with Gasteiger partial charge >= 0.3 is 0 Å². The van der Waals surface area contributed by atoms with Gasteiger partial charge in [0.1, 0.15) is 36.9 Å². The van der Waals surface area contributed by atoms with Crippen LogP contribution in [0.1, 0.15) is 12.5 Å². The average molecular weight is 314 g/mol. The number of hydrogen-bond acceptors (Lipinski definition) is 4. The van der Waals surface area contributed by atoms with Crippen molar-refractivity contribution < 1.29 is 18.9 Å². The van der Waals surface area contributed by atoms with Crippen LogP contribution in [-0.2, 0) is 14.2 Å². The fourth-order valence-corrected chi connectivity index (χ4v) is 1.98. The fraction of sp³-hybridized carbons (Fsp3) is 0.368. The van der Waals surface area contributed by atoms with E-state index < -0.39 is 0 Å². The summed E-state index contributed by atoms with van der Waals surface area (Å²) in [4.78, 5) is 0. The summed E-state index contributed by atoms with van der Waals surface area (Å²) in [6, 6.07) is 7.91. The number of hydrogen-bond donors (Lipinski definition) is 0. The highest BCUT2D eigenvalue weighted by Crippen LogP contribution is 2.21. The molecule has 0 bridgehead atoms. The minimum Gasteiger partial charge on any atom is -0.491 e. The van der Waals surface area contributed by atoms with Crippen LogP contribution in [0.25, 0.3) is 5.57 Å². The smallest absolute Gasteiger partial charge is 0.119 e. The van der Waals surface area contributed by atoms with E-state index in [1.165, 1.54) is 0 Å². The molecule has 2 atom stereocenters. The molecule has 0 aromatic heterocycles. The molecule has 3 rings (SSSR count). The van der Waals surface area contributed by atoms with Gasteiger partial charge in [-0.1, -0.05) is 24.8 Å². The van der Waals surface area contributed by atoms with E-state index in [-0.39, 0.29) is 12.2 Å². The van der Waals surface area contributed by atoms with Gasteiger partial charge in [-0.05, 0) is 42.3 Å². The van der Waals surface area contributed by atoms with Gasteiger partial charge in [0.25, 0.3) is 0 Å². The van der Waals surface area contributed by atoms with Crippen LogP contribution in [0, 0.1) is 0 Å². The molecular weight excluding hydrogens is 292 g/mol. The zero-order chi connectivity index (χ0) is 16.1. The quantitative estimate of drug-likeness (QED) is 0.398. The first-order valence-corrected chi connectivity index (χ1v) is 7.87. The van der Waals surface area contributed by atoms with Crippen molar-refractivity contribution in [3.8, 4) is 5.75 Å². The Morgan fingerprint density at radius 3 is 2.39 bits per heavy atom. The van der Waals surface area contributed by atoms with E-state index in [0.717, 1.165) is 35.9 Å². The SMILES string of the molecule is C=C(/C=C\C(=C/C)OCC1CO1)c1ccc(OCC2CO2)cc1. The zero-order valence-corrected chi connectivity index (χ0v) is 13.4. The van der Waals surface area contributed by atoms with Gasteiger partial charge < -0.3 is 18.9 Å². The molecule has 2 heterocycles. The molecule has 2 fully saturated rings. The average Bonchev–Trinajstić information content (AvgIpc) is 3.48. The van der Waals surface area contributed by atoms with Crippen molar-refractivity contribution in [2.24, 2.45) is 0 Å². The van der Waals surface area contributed by atoms with Crippen molar-refractivity contribution in [2.45, 2.75) is 19.1 Å². The van der Waals surface area contributed by atoms with Crippen LogP contribution in [0.15, 0.2) is 54.8 Å². The predicted molar refractivity (Wildman–Crippen MR) is 89.3 cm³/mol. The minimum atomic E-state index is 0.259. The summed E-state index contributed by atoms with van der Waals surface area (Å²) in [5.74, 6) is 1.67. The third-order valence-corrected chi connectivity index (χ3v) is 3.63. The van der Waals surface area contributed by atoms with Gasteiger partial charge in [0.05, 0.1) is 13.2 Å². The molecule has 0 spiro atoms. The van der Waals surface area contributed by atoms with Gasteiger partial charge in [-0.2, -0.15) is 0 Å². The molecule has 2 aliphatic heterocycles. The molecule has 4 heteroatoms. The molecule has 0 aliphatic carbocycles. The van der Waals surface area contributed by atoms with E-state index in [1.54, 1.807) is 0 Å². The van der Waals surface area contributed by atoms with Crippen molar-refractivity contribution in [1.29, 1.82) is 0 Å². The van der Waals surface area contributed by atoms with E-state index in [2.05, 4.69) is 6.58 Å². The van der Waals surface area contributed by atoms with Gasteiger partial charge in [0.2, 0.25) is 0 Å². The largest absolute Gasteiger partial charge is 0.491 e. The lowest BCUT2D eigenvalue weighted by atomic mass is 10.1. The Kier molecular flexibility index (Phi) is 5.16. The summed E-state index contributed by atoms with van der Waals surface area (Å²) >= 11 is 0. The molecule has 4 nitrogen and oxygen atoms in total. The van der Waals surface area contributed by atoms with Crippen molar-refractivity contribution >= 4 is 5.57 Å². The standard InChI is InChI=1S/C19H22O4/c1-3-16(20-10-18-12-22-18)7-4-14(2)15-5-8-17(9-6-15)21-11-19-13-23-19/h3-9,18-19H,2,10-13H2,1H3/b7-4-,16-3+. The maximum Gasteiger partial charge on any atom is 0.119 e. The zero-order valence-electron chi connectivity index (χ0n) is 13.4. The van der Waals surface area contributed by atoms with E-state index in [4.69, 9.17) is 18.9 Å². The molecule has 122 valence electrons. The summed E-state index contributed by atoms with van der Waals surface area (Å²) in [6.07, 6.45) is 6.35. The second-order valence-electron chi connectivity index (χ2n) is 5.61. The summed E-state index contributed by atoms with van der Waals surface area (Å²) in [5.41, 5.74) is 1.98. The van der Waals surface area contributed by atoms with E-state index in [0.29, 0.717) is 13.2 Å². The van der Waals surface area contributed by atoms with Crippen LogP contribution < -0.4 is 4.74 Å². The summed E-state index contributed by atoms with van der Waals surface area (Å²) in [5, 5.41) is 0. The lowest BCUT2D eigenvalue weighted by molar-refractivity contribution is 0.192. The normalized spacial score (nSPS) is 22.9. The van der Waals surface area contributed by atoms with Crippen LogP contribution >= 0.6 is 0 Å².